The van der Waals surface area contributed by atoms with Crippen LogP contribution in [0.2, 0.25) is 0 Å². The fraction of sp³-hybridized carbons (Fsp3) is 0.143. The van der Waals surface area contributed by atoms with Gasteiger partial charge in [0, 0.05) is 0 Å². The second-order valence-corrected chi connectivity index (χ2v) is 1.61. The lowest BCUT2D eigenvalue weighted by molar-refractivity contribution is -0.158. The van der Waals surface area contributed by atoms with Gasteiger partial charge < -0.3 is 0 Å². The van der Waals surface area contributed by atoms with Crippen molar-refractivity contribution in [3.8, 4) is 0 Å². The van der Waals surface area contributed by atoms with Gasteiger partial charge in [0.1, 0.15) is 0 Å². The first-order chi connectivity index (χ1) is 4.72. The standard InChI is InChI=1S/C7H10NO2/c1-3-5-7(9)8(10)6-4-2/h3-5,10H,1-2,6H2. The summed E-state index contributed by atoms with van der Waals surface area (Å²) in [6.07, 6.45) is 3.91. The molecule has 0 aromatic rings. The summed E-state index contributed by atoms with van der Waals surface area (Å²) >= 11 is 0. The molecule has 0 fully saturated rings. The highest BCUT2D eigenvalue weighted by atomic mass is 16.5. The van der Waals surface area contributed by atoms with Crippen LogP contribution in [0.5, 0.6) is 0 Å². The molecule has 1 radical (unpaired) electrons. The van der Waals surface area contributed by atoms with E-state index < -0.39 is 5.91 Å². The Kier molecular flexibility index (Phi) is 4.24. The first kappa shape index (κ1) is 8.91. The van der Waals surface area contributed by atoms with Crippen molar-refractivity contribution in [1.82, 2.24) is 5.06 Å². The molecule has 0 spiro atoms. The Balaban J connectivity index is 3.68. The van der Waals surface area contributed by atoms with Crippen molar-refractivity contribution in [1.29, 1.82) is 0 Å². The topological polar surface area (TPSA) is 40.5 Å². The van der Waals surface area contributed by atoms with Crippen LogP contribution in [-0.2, 0) is 4.79 Å². The second-order valence-electron chi connectivity index (χ2n) is 1.61. The molecule has 0 aliphatic heterocycles. The van der Waals surface area contributed by atoms with E-state index in [-0.39, 0.29) is 6.54 Å². The molecule has 3 heteroatoms. The number of hydrogen-bond acceptors (Lipinski definition) is 2. The van der Waals surface area contributed by atoms with Crippen molar-refractivity contribution in [2.45, 2.75) is 0 Å². The van der Waals surface area contributed by atoms with Crippen molar-refractivity contribution < 1.29 is 10.0 Å². The molecule has 0 saturated carbocycles. The maximum Gasteiger partial charge on any atom is 0.254 e. The van der Waals surface area contributed by atoms with Crippen molar-refractivity contribution in [2.75, 3.05) is 6.54 Å². The summed E-state index contributed by atoms with van der Waals surface area (Å²) in [6.45, 7) is 6.78. The van der Waals surface area contributed by atoms with Crippen LogP contribution in [-0.4, -0.2) is 22.7 Å². The Labute approximate surface area is 60.2 Å². The minimum absolute atomic E-state index is 0.128. The summed E-state index contributed by atoms with van der Waals surface area (Å²) in [5, 5.41) is 9.33. The van der Waals surface area contributed by atoms with Crippen molar-refractivity contribution in [3.05, 3.63) is 31.7 Å². The quantitative estimate of drug-likeness (QED) is 0.356. The highest BCUT2D eigenvalue weighted by Gasteiger charge is 2.05. The molecule has 0 saturated heterocycles. The molecule has 10 heavy (non-hydrogen) atoms. The highest BCUT2D eigenvalue weighted by molar-refractivity contribution is 5.85. The molecule has 0 unspecified atom stereocenters. The van der Waals surface area contributed by atoms with E-state index in [0.717, 1.165) is 0 Å². The lowest BCUT2D eigenvalue weighted by atomic mass is 10.4. The van der Waals surface area contributed by atoms with Crippen molar-refractivity contribution >= 4 is 5.91 Å². The Morgan fingerprint density at radius 2 is 2.20 bits per heavy atom. The van der Waals surface area contributed by atoms with Crippen LogP contribution in [0.4, 0.5) is 0 Å². The number of carbonyl (C=O) groups excluding carboxylic acids is 1. The zero-order chi connectivity index (χ0) is 7.98. The van der Waals surface area contributed by atoms with Crippen molar-refractivity contribution in [3.63, 3.8) is 0 Å². The summed E-state index contributed by atoms with van der Waals surface area (Å²) in [6, 6.07) is 0. The van der Waals surface area contributed by atoms with Gasteiger partial charge in [-0.05, 0) is 0 Å². The number of carbonyl (C=O) groups is 1. The predicted molar refractivity (Wildman–Crippen MR) is 38.2 cm³/mol. The van der Waals surface area contributed by atoms with Crippen LogP contribution in [0.25, 0.3) is 0 Å². The van der Waals surface area contributed by atoms with E-state index in [1.807, 2.05) is 0 Å². The van der Waals surface area contributed by atoms with Crippen LogP contribution in [0.3, 0.4) is 0 Å². The van der Waals surface area contributed by atoms with Gasteiger partial charge >= 0.3 is 0 Å². The lowest BCUT2D eigenvalue weighted by Gasteiger charge is -2.09. The van der Waals surface area contributed by atoms with Gasteiger partial charge in [-0.3, -0.25) is 10.0 Å². The summed E-state index contributed by atoms with van der Waals surface area (Å²) < 4.78 is 0. The summed E-state index contributed by atoms with van der Waals surface area (Å²) in [4.78, 5) is 10.6. The highest BCUT2D eigenvalue weighted by Crippen LogP contribution is 1.88. The molecule has 1 amide bonds. The molecule has 0 aliphatic carbocycles. The Morgan fingerprint density at radius 1 is 1.60 bits per heavy atom. The average molecular weight is 140 g/mol. The van der Waals surface area contributed by atoms with Gasteiger partial charge in [-0.15, -0.1) is 13.2 Å². The molecule has 55 valence electrons. The fourth-order valence-corrected chi connectivity index (χ4v) is 0.399. The van der Waals surface area contributed by atoms with Crippen LogP contribution < -0.4 is 0 Å². The maximum atomic E-state index is 10.6. The van der Waals surface area contributed by atoms with Gasteiger partial charge in [0.15, 0.2) is 0 Å². The van der Waals surface area contributed by atoms with Crippen LogP contribution in [0.1, 0.15) is 0 Å². The third-order valence-corrected chi connectivity index (χ3v) is 0.817. The normalized spacial score (nSPS) is 8.50. The lowest BCUT2D eigenvalue weighted by Crippen LogP contribution is -2.26. The zero-order valence-corrected chi connectivity index (χ0v) is 5.66. The average Bonchev–Trinajstić information content (AvgIpc) is 1.89. The molecule has 1 N–H and O–H groups in total. The van der Waals surface area contributed by atoms with E-state index in [9.17, 15) is 4.79 Å². The van der Waals surface area contributed by atoms with Gasteiger partial charge in [0.2, 0.25) is 0 Å². The van der Waals surface area contributed by atoms with Gasteiger partial charge in [0.05, 0.1) is 13.0 Å². The zero-order valence-electron chi connectivity index (χ0n) is 5.66. The molecule has 0 atom stereocenters. The number of hydrogen-bond donors (Lipinski definition) is 1. The Hall–Kier alpha value is -1.09. The van der Waals surface area contributed by atoms with Crippen LogP contribution in [0, 0.1) is 6.42 Å². The summed E-state index contributed by atoms with van der Waals surface area (Å²) in [5.74, 6) is -0.491. The molecule has 0 rings (SSSR count). The van der Waals surface area contributed by atoms with E-state index in [4.69, 9.17) is 5.21 Å². The first-order valence-electron chi connectivity index (χ1n) is 2.79. The minimum Gasteiger partial charge on any atom is -0.286 e. The van der Waals surface area contributed by atoms with E-state index in [2.05, 4.69) is 13.2 Å². The van der Waals surface area contributed by atoms with E-state index in [1.165, 1.54) is 18.6 Å². The molecule has 0 aromatic heterocycles. The van der Waals surface area contributed by atoms with Crippen LogP contribution >= 0.6 is 0 Å². The Morgan fingerprint density at radius 3 is 2.60 bits per heavy atom. The predicted octanol–water partition coefficient (Wildman–Crippen LogP) is 0.780. The first-order valence-corrected chi connectivity index (χ1v) is 2.79. The summed E-state index contributed by atoms with van der Waals surface area (Å²) in [5.41, 5.74) is 0. The third kappa shape index (κ3) is 3.04. The fourth-order valence-electron chi connectivity index (χ4n) is 0.399. The third-order valence-electron chi connectivity index (χ3n) is 0.817. The molecular formula is C7H10NO2. The summed E-state index contributed by atoms with van der Waals surface area (Å²) in [7, 11) is 0. The van der Waals surface area contributed by atoms with Gasteiger partial charge in [-0.1, -0.05) is 12.2 Å². The molecule has 3 nitrogen and oxygen atoms in total. The minimum atomic E-state index is -0.491. The van der Waals surface area contributed by atoms with E-state index in [1.54, 1.807) is 0 Å². The van der Waals surface area contributed by atoms with E-state index >= 15 is 0 Å². The number of hydroxylamine groups is 2. The van der Waals surface area contributed by atoms with E-state index in [0.29, 0.717) is 5.06 Å². The Bertz CT molecular complexity index is 143. The number of nitrogens with zero attached hydrogens (tertiary/aromatic N) is 1. The number of amides is 1. The SMILES string of the molecule is C=C[CH]C(=O)N(O)CC=C. The van der Waals surface area contributed by atoms with Gasteiger partial charge in [-0.2, -0.15) is 0 Å². The second kappa shape index (κ2) is 4.76. The van der Waals surface area contributed by atoms with Crippen LogP contribution in [0.15, 0.2) is 25.3 Å². The van der Waals surface area contributed by atoms with Gasteiger partial charge in [-0.25, -0.2) is 5.06 Å². The largest absolute Gasteiger partial charge is 0.286 e. The molecular weight excluding hydrogens is 130 g/mol. The molecule has 0 aliphatic rings. The molecule has 0 bridgehead atoms. The van der Waals surface area contributed by atoms with Gasteiger partial charge in [0.25, 0.3) is 5.91 Å². The van der Waals surface area contributed by atoms with Crippen molar-refractivity contribution in [2.24, 2.45) is 0 Å². The smallest absolute Gasteiger partial charge is 0.254 e. The molecule has 0 aromatic carbocycles. The molecule has 0 heterocycles. The number of rotatable bonds is 4. The maximum absolute atomic E-state index is 10.6. The monoisotopic (exact) mass is 140 g/mol.